The van der Waals surface area contributed by atoms with Gasteiger partial charge in [-0.1, -0.05) is 29.3 Å². The van der Waals surface area contributed by atoms with Gasteiger partial charge in [0, 0.05) is 23.8 Å². The van der Waals surface area contributed by atoms with Crippen molar-refractivity contribution in [2.75, 3.05) is 5.32 Å². The Morgan fingerprint density at radius 2 is 1.58 bits per heavy atom. The molecule has 12 heteroatoms. The molecule has 3 N–H and O–H groups in total. The highest BCUT2D eigenvalue weighted by atomic mass is 35.5. The Morgan fingerprint density at radius 3 is 2.21 bits per heavy atom. The van der Waals surface area contributed by atoms with Gasteiger partial charge < -0.3 is 20.3 Å². The fourth-order valence-corrected chi connectivity index (χ4v) is 3.06. The Balaban J connectivity index is 1.97. The number of carboxylic acid groups (broad SMARTS) is 2. The van der Waals surface area contributed by atoms with Crippen molar-refractivity contribution in [2.24, 2.45) is 0 Å². The van der Waals surface area contributed by atoms with Gasteiger partial charge in [0.2, 0.25) is 0 Å². The van der Waals surface area contributed by atoms with Crippen molar-refractivity contribution in [2.45, 2.75) is 0 Å². The van der Waals surface area contributed by atoms with E-state index >= 15 is 0 Å². The number of aromatic carboxylic acids is 2. The van der Waals surface area contributed by atoms with Crippen molar-refractivity contribution in [1.29, 1.82) is 0 Å². The average molecular weight is 491 g/mol. The summed E-state index contributed by atoms with van der Waals surface area (Å²) >= 11 is 12.1. The number of carbonyl (C=O) groups excluding carboxylic acids is 1. The molecule has 0 spiro atoms. The molecule has 0 saturated heterocycles. The molecular formula is C21H12Cl2N2O8. The van der Waals surface area contributed by atoms with Crippen LogP contribution in [0.1, 0.15) is 31.1 Å². The predicted octanol–water partition coefficient (Wildman–Crippen LogP) is 5.34. The molecule has 0 aliphatic rings. The van der Waals surface area contributed by atoms with Crippen LogP contribution in [-0.2, 0) is 0 Å². The molecule has 0 saturated carbocycles. The second-order valence-electron chi connectivity index (χ2n) is 6.44. The number of carbonyl (C=O) groups is 3. The number of anilines is 1. The molecule has 0 atom stereocenters. The number of rotatable bonds is 7. The zero-order chi connectivity index (χ0) is 24.3. The van der Waals surface area contributed by atoms with Gasteiger partial charge >= 0.3 is 11.9 Å². The lowest BCUT2D eigenvalue weighted by atomic mass is 10.1. The summed E-state index contributed by atoms with van der Waals surface area (Å²) in [4.78, 5) is 45.6. The molecule has 0 aromatic heterocycles. The Labute approximate surface area is 195 Å². The highest BCUT2D eigenvalue weighted by molar-refractivity contribution is 6.42. The number of benzene rings is 3. The Morgan fingerprint density at radius 1 is 0.909 bits per heavy atom. The van der Waals surface area contributed by atoms with Crippen LogP contribution in [0, 0.1) is 10.1 Å². The van der Waals surface area contributed by atoms with Crippen LogP contribution in [0.5, 0.6) is 11.5 Å². The van der Waals surface area contributed by atoms with Gasteiger partial charge in [-0.05, 0) is 30.3 Å². The van der Waals surface area contributed by atoms with Crippen LogP contribution in [0.15, 0.2) is 54.6 Å². The van der Waals surface area contributed by atoms with Gasteiger partial charge in [-0.25, -0.2) is 9.59 Å². The van der Waals surface area contributed by atoms with E-state index in [4.69, 9.17) is 33.0 Å². The second-order valence-corrected chi connectivity index (χ2v) is 7.26. The molecule has 1 amide bonds. The minimum atomic E-state index is -1.48. The summed E-state index contributed by atoms with van der Waals surface area (Å²) in [5.41, 5.74) is -1.22. The maximum atomic E-state index is 12.6. The van der Waals surface area contributed by atoms with E-state index in [1.54, 1.807) is 0 Å². The van der Waals surface area contributed by atoms with Crippen molar-refractivity contribution >= 4 is 52.4 Å². The van der Waals surface area contributed by atoms with Crippen LogP contribution in [0.4, 0.5) is 11.4 Å². The summed E-state index contributed by atoms with van der Waals surface area (Å²) in [6, 6.07) is 10.8. The highest BCUT2D eigenvalue weighted by Crippen LogP contribution is 2.37. The van der Waals surface area contributed by atoms with Gasteiger partial charge in [-0.15, -0.1) is 0 Å². The van der Waals surface area contributed by atoms with Crippen LogP contribution < -0.4 is 10.1 Å². The molecule has 0 unspecified atom stereocenters. The smallest absolute Gasteiger partial charge is 0.336 e. The third-order valence-corrected chi connectivity index (χ3v) is 4.99. The van der Waals surface area contributed by atoms with E-state index < -0.39 is 33.9 Å². The Hall–Kier alpha value is -4.15. The number of nitrogens with zero attached hydrogens (tertiary/aromatic N) is 1. The molecule has 0 aliphatic heterocycles. The fraction of sp³-hybridized carbons (Fsp3) is 0. The molecular weight excluding hydrogens is 479 g/mol. The molecule has 10 nitrogen and oxygen atoms in total. The summed E-state index contributed by atoms with van der Waals surface area (Å²) in [5, 5.41) is 32.0. The Bertz CT molecular complexity index is 1310. The number of amides is 1. The van der Waals surface area contributed by atoms with E-state index in [2.05, 4.69) is 5.32 Å². The van der Waals surface area contributed by atoms with Gasteiger partial charge in [0.1, 0.15) is 5.75 Å². The van der Waals surface area contributed by atoms with Gasteiger partial charge in [-0.2, -0.15) is 0 Å². The van der Waals surface area contributed by atoms with E-state index in [0.29, 0.717) is 0 Å². The first-order valence-electron chi connectivity index (χ1n) is 8.90. The number of nitrogens with one attached hydrogen (secondary N) is 1. The molecule has 0 aliphatic carbocycles. The first-order valence-corrected chi connectivity index (χ1v) is 9.65. The Kier molecular flexibility index (Phi) is 6.80. The predicted molar refractivity (Wildman–Crippen MR) is 118 cm³/mol. The van der Waals surface area contributed by atoms with Crippen LogP contribution >= 0.6 is 23.2 Å². The minimum absolute atomic E-state index is 0.0137. The molecule has 0 heterocycles. The van der Waals surface area contributed by atoms with E-state index in [1.165, 1.54) is 36.4 Å². The van der Waals surface area contributed by atoms with Crippen molar-refractivity contribution < 1.29 is 34.3 Å². The van der Waals surface area contributed by atoms with Crippen molar-refractivity contribution in [1.82, 2.24) is 0 Å². The third-order valence-electron chi connectivity index (χ3n) is 4.27. The second kappa shape index (κ2) is 9.55. The van der Waals surface area contributed by atoms with Crippen molar-refractivity contribution in [3.8, 4) is 11.5 Å². The standard InChI is InChI=1S/C21H12Cl2N2O8/c22-15-8-17(24-19(26)10-2-1-3-11(6-10)25(31)32)18(9-16(15)23)33-12-4-5-13(20(27)28)14(7-12)21(29)30/h1-9H,(H,24,26)(H,27,28)(H,29,30). The monoisotopic (exact) mass is 490 g/mol. The number of non-ortho nitro benzene ring substituents is 1. The minimum Gasteiger partial charge on any atom is -0.478 e. The maximum Gasteiger partial charge on any atom is 0.336 e. The maximum absolute atomic E-state index is 12.6. The van der Waals surface area contributed by atoms with Crippen LogP contribution in [-0.4, -0.2) is 33.0 Å². The number of hydrogen-bond acceptors (Lipinski definition) is 6. The zero-order valence-corrected chi connectivity index (χ0v) is 17.8. The SMILES string of the molecule is O=C(Nc1cc(Cl)c(Cl)cc1Oc1ccc(C(=O)O)c(C(=O)O)c1)c1cccc([N+](=O)[O-])c1. The average Bonchev–Trinajstić information content (AvgIpc) is 2.76. The molecule has 3 rings (SSSR count). The first kappa shape index (κ1) is 23.5. The number of halogens is 2. The molecule has 33 heavy (non-hydrogen) atoms. The summed E-state index contributed by atoms with van der Waals surface area (Å²) in [7, 11) is 0. The number of hydrogen-bond donors (Lipinski definition) is 3. The van der Waals surface area contributed by atoms with Crippen molar-refractivity contribution in [3.63, 3.8) is 0 Å². The van der Waals surface area contributed by atoms with E-state index in [1.807, 2.05) is 0 Å². The number of nitro benzene ring substituents is 1. The summed E-state index contributed by atoms with van der Waals surface area (Å²) in [6.45, 7) is 0. The lowest BCUT2D eigenvalue weighted by Gasteiger charge is -2.14. The first-order chi connectivity index (χ1) is 15.6. The number of nitro groups is 1. The summed E-state index contributed by atoms with van der Waals surface area (Å²) < 4.78 is 5.65. The normalized spacial score (nSPS) is 10.4. The van der Waals surface area contributed by atoms with Gasteiger partial charge in [0.05, 0.1) is 31.8 Å². The molecule has 3 aromatic rings. The van der Waals surface area contributed by atoms with Gasteiger partial charge in [0.15, 0.2) is 5.75 Å². The fourth-order valence-electron chi connectivity index (χ4n) is 2.74. The van der Waals surface area contributed by atoms with Crippen LogP contribution in [0.2, 0.25) is 10.0 Å². The van der Waals surface area contributed by atoms with Crippen LogP contribution in [0.3, 0.4) is 0 Å². The van der Waals surface area contributed by atoms with Crippen LogP contribution in [0.25, 0.3) is 0 Å². The summed E-state index contributed by atoms with van der Waals surface area (Å²) in [5.74, 6) is -3.72. The zero-order valence-electron chi connectivity index (χ0n) is 16.2. The van der Waals surface area contributed by atoms with Crippen molar-refractivity contribution in [3.05, 3.63) is 91.4 Å². The quantitative estimate of drug-likeness (QED) is 0.295. The largest absolute Gasteiger partial charge is 0.478 e. The molecule has 3 aromatic carbocycles. The number of ether oxygens (including phenoxy) is 1. The van der Waals surface area contributed by atoms with Gasteiger partial charge in [0.25, 0.3) is 11.6 Å². The molecule has 0 bridgehead atoms. The molecule has 0 fully saturated rings. The third kappa shape index (κ3) is 5.37. The van der Waals surface area contributed by atoms with Gasteiger partial charge in [-0.3, -0.25) is 14.9 Å². The van der Waals surface area contributed by atoms with E-state index in [0.717, 1.165) is 18.2 Å². The molecule has 168 valence electrons. The molecule has 0 radical (unpaired) electrons. The summed E-state index contributed by atoms with van der Waals surface area (Å²) in [6.07, 6.45) is 0. The number of carboxylic acids is 2. The highest BCUT2D eigenvalue weighted by Gasteiger charge is 2.19. The lowest BCUT2D eigenvalue weighted by Crippen LogP contribution is -2.13. The lowest BCUT2D eigenvalue weighted by molar-refractivity contribution is -0.384. The van der Waals surface area contributed by atoms with E-state index in [9.17, 15) is 29.6 Å². The van der Waals surface area contributed by atoms with E-state index in [-0.39, 0.29) is 38.5 Å². The topological polar surface area (TPSA) is 156 Å².